The largest absolute Gasteiger partial charge is 0.393 e. The molecule has 27 heavy (non-hydrogen) atoms. The number of hydrogen-bond acceptors (Lipinski definition) is 4. The summed E-state index contributed by atoms with van der Waals surface area (Å²) in [6, 6.07) is 12.4. The summed E-state index contributed by atoms with van der Waals surface area (Å²) in [6.07, 6.45) is 1.57. The molecule has 1 unspecified atom stereocenters. The first-order valence-electron chi connectivity index (χ1n) is 7.87. The normalized spacial score (nSPS) is 11.9. The average Bonchev–Trinajstić information content (AvgIpc) is 2.61. The van der Waals surface area contributed by atoms with Crippen LogP contribution in [0.5, 0.6) is 0 Å². The van der Waals surface area contributed by atoms with Crippen LogP contribution in [0.4, 0.5) is 0 Å². The topological polar surface area (TPSA) is 93.8 Å². The van der Waals surface area contributed by atoms with Crippen molar-refractivity contribution in [3.8, 4) is 5.69 Å². The van der Waals surface area contributed by atoms with Crippen molar-refractivity contribution in [3.63, 3.8) is 0 Å². The van der Waals surface area contributed by atoms with E-state index in [4.69, 9.17) is 41.2 Å². The second-order valence-corrected chi connectivity index (χ2v) is 7.16. The van der Waals surface area contributed by atoms with Gasteiger partial charge in [0.25, 0.3) is 5.56 Å². The van der Waals surface area contributed by atoms with Crippen LogP contribution < -0.4 is 17.0 Å². The SMILES string of the molecule is NC(=S)C(Cc1ccc(Cl)cc1)c1ccc(-n2ncc(=O)[nH]c2=O)cc1Cl. The molecule has 0 saturated heterocycles. The Balaban J connectivity index is 1.96. The smallest absolute Gasteiger partial charge is 0.349 e. The number of aromatic amines is 1. The minimum atomic E-state index is -0.654. The molecule has 0 aliphatic heterocycles. The van der Waals surface area contributed by atoms with Gasteiger partial charge in [-0.3, -0.25) is 9.78 Å². The molecule has 1 atom stereocenters. The lowest BCUT2D eigenvalue weighted by molar-refractivity contribution is 0.748. The molecule has 6 nitrogen and oxygen atoms in total. The van der Waals surface area contributed by atoms with Crippen molar-refractivity contribution in [2.24, 2.45) is 5.73 Å². The fourth-order valence-electron chi connectivity index (χ4n) is 2.69. The molecular formula is C18H14Cl2N4O2S. The zero-order chi connectivity index (χ0) is 19.6. The molecule has 0 aliphatic rings. The number of aromatic nitrogens is 3. The number of halogens is 2. The second kappa shape index (κ2) is 8.04. The molecule has 3 N–H and O–H groups in total. The molecular weight excluding hydrogens is 407 g/mol. The van der Waals surface area contributed by atoms with E-state index in [0.29, 0.717) is 27.1 Å². The monoisotopic (exact) mass is 420 g/mol. The number of nitrogens with one attached hydrogen (secondary N) is 1. The van der Waals surface area contributed by atoms with E-state index >= 15 is 0 Å². The maximum Gasteiger partial charge on any atom is 0.349 e. The highest BCUT2D eigenvalue weighted by molar-refractivity contribution is 7.80. The third-order valence-corrected chi connectivity index (χ3v) is 4.88. The van der Waals surface area contributed by atoms with Crippen LogP contribution in [0, 0.1) is 0 Å². The first-order chi connectivity index (χ1) is 12.8. The minimum absolute atomic E-state index is 0.289. The first-order valence-corrected chi connectivity index (χ1v) is 9.04. The predicted molar refractivity (Wildman–Crippen MR) is 110 cm³/mol. The van der Waals surface area contributed by atoms with E-state index in [1.165, 1.54) is 0 Å². The van der Waals surface area contributed by atoms with Gasteiger partial charge in [0.05, 0.1) is 10.7 Å². The van der Waals surface area contributed by atoms with Crippen LogP contribution in [-0.2, 0) is 6.42 Å². The predicted octanol–water partition coefficient (Wildman–Crippen LogP) is 2.84. The number of thiocarbonyl (C=S) groups is 1. The lowest BCUT2D eigenvalue weighted by atomic mass is 9.91. The molecule has 0 bridgehead atoms. The number of H-pyrrole nitrogens is 1. The summed E-state index contributed by atoms with van der Waals surface area (Å²) in [4.78, 5) is 25.5. The van der Waals surface area contributed by atoms with Crippen molar-refractivity contribution in [2.75, 3.05) is 0 Å². The van der Waals surface area contributed by atoms with Crippen molar-refractivity contribution in [1.29, 1.82) is 0 Å². The standard InChI is InChI=1S/C18H14Cl2N4O2S/c19-11-3-1-10(2-4-11)7-14(17(21)27)13-6-5-12(8-15(13)20)24-18(26)23-16(25)9-22-24/h1-6,8-9,14H,7H2,(H2,21,27)(H,23,25,26). The zero-order valence-electron chi connectivity index (χ0n) is 13.9. The highest BCUT2D eigenvalue weighted by Crippen LogP contribution is 2.30. The minimum Gasteiger partial charge on any atom is -0.393 e. The molecule has 9 heteroatoms. The van der Waals surface area contributed by atoms with Crippen LogP contribution >= 0.6 is 35.4 Å². The van der Waals surface area contributed by atoms with Crippen molar-refractivity contribution >= 4 is 40.4 Å². The summed E-state index contributed by atoms with van der Waals surface area (Å²) in [7, 11) is 0. The van der Waals surface area contributed by atoms with Gasteiger partial charge in [-0.15, -0.1) is 0 Å². The Bertz CT molecular complexity index is 1110. The second-order valence-electron chi connectivity index (χ2n) is 5.84. The summed E-state index contributed by atoms with van der Waals surface area (Å²) in [6.45, 7) is 0. The van der Waals surface area contributed by atoms with E-state index in [2.05, 4.69) is 10.1 Å². The van der Waals surface area contributed by atoms with Crippen LogP contribution in [0.3, 0.4) is 0 Å². The summed E-state index contributed by atoms with van der Waals surface area (Å²) in [5, 5.41) is 4.85. The Morgan fingerprint density at radius 3 is 2.48 bits per heavy atom. The first kappa shape index (κ1) is 19.3. The van der Waals surface area contributed by atoms with Crippen molar-refractivity contribution in [3.05, 3.63) is 90.7 Å². The molecule has 0 saturated carbocycles. The lowest BCUT2D eigenvalue weighted by Crippen LogP contribution is -2.30. The van der Waals surface area contributed by atoms with Crippen molar-refractivity contribution < 1.29 is 0 Å². The fraction of sp³-hybridized carbons (Fsp3) is 0.111. The maximum atomic E-state index is 11.9. The Morgan fingerprint density at radius 1 is 1.19 bits per heavy atom. The molecule has 1 aromatic heterocycles. The maximum absolute atomic E-state index is 11.9. The highest BCUT2D eigenvalue weighted by Gasteiger charge is 2.19. The molecule has 3 rings (SSSR count). The van der Waals surface area contributed by atoms with E-state index < -0.39 is 11.2 Å². The third kappa shape index (κ3) is 4.44. The Morgan fingerprint density at radius 2 is 1.89 bits per heavy atom. The zero-order valence-corrected chi connectivity index (χ0v) is 16.2. The van der Waals surface area contributed by atoms with Crippen LogP contribution in [0.15, 0.2) is 58.3 Å². The van der Waals surface area contributed by atoms with E-state index in [-0.39, 0.29) is 5.92 Å². The molecule has 0 aliphatic carbocycles. The molecule has 0 radical (unpaired) electrons. The number of nitrogens with two attached hydrogens (primary N) is 1. The van der Waals surface area contributed by atoms with Gasteiger partial charge in [-0.1, -0.05) is 53.6 Å². The van der Waals surface area contributed by atoms with E-state index in [1.54, 1.807) is 30.3 Å². The van der Waals surface area contributed by atoms with E-state index in [0.717, 1.165) is 22.0 Å². The molecule has 3 aromatic rings. The van der Waals surface area contributed by atoms with Crippen LogP contribution in [0.25, 0.3) is 5.69 Å². The van der Waals surface area contributed by atoms with Gasteiger partial charge < -0.3 is 5.73 Å². The summed E-state index contributed by atoms with van der Waals surface area (Å²) in [5.74, 6) is -0.289. The summed E-state index contributed by atoms with van der Waals surface area (Å²) in [5.41, 5.74) is 6.88. The quantitative estimate of drug-likeness (QED) is 0.618. The molecule has 1 heterocycles. The molecule has 2 aromatic carbocycles. The van der Waals surface area contributed by atoms with Gasteiger partial charge in [-0.25, -0.2) is 4.79 Å². The molecule has 0 fully saturated rings. The number of benzene rings is 2. The van der Waals surface area contributed by atoms with E-state index in [1.807, 2.05) is 12.1 Å². The fourth-order valence-corrected chi connectivity index (χ4v) is 3.33. The van der Waals surface area contributed by atoms with E-state index in [9.17, 15) is 9.59 Å². The molecule has 0 spiro atoms. The van der Waals surface area contributed by atoms with Gasteiger partial charge in [0.1, 0.15) is 6.20 Å². The molecule has 0 amide bonds. The van der Waals surface area contributed by atoms with Gasteiger partial charge >= 0.3 is 5.69 Å². The molecule has 138 valence electrons. The Hall–Kier alpha value is -2.48. The average molecular weight is 421 g/mol. The summed E-state index contributed by atoms with van der Waals surface area (Å²) >= 11 is 17.6. The Labute approximate surface area is 169 Å². The van der Waals surface area contributed by atoms with Gasteiger partial charge in [-0.2, -0.15) is 9.78 Å². The van der Waals surface area contributed by atoms with Crippen LogP contribution in [-0.4, -0.2) is 19.8 Å². The summed E-state index contributed by atoms with van der Waals surface area (Å²) < 4.78 is 1.05. The number of hydrogen-bond donors (Lipinski definition) is 2. The van der Waals surface area contributed by atoms with Gasteiger partial charge in [-0.05, 0) is 41.8 Å². The number of rotatable bonds is 5. The lowest BCUT2D eigenvalue weighted by Gasteiger charge is -2.18. The third-order valence-electron chi connectivity index (χ3n) is 4.01. The van der Waals surface area contributed by atoms with Gasteiger partial charge in [0.15, 0.2) is 0 Å². The van der Waals surface area contributed by atoms with Crippen molar-refractivity contribution in [1.82, 2.24) is 14.8 Å². The Kier molecular flexibility index (Phi) is 5.74. The van der Waals surface area contributed by atoms with Crippen molar-refractivity contribution in [2.45, 2.75) is 12.3 Å². The van der Waals surface area contributed by atoms with Gasteiger partial charge in [0.2, 0.25) is 0 Å². The highest BCUT2D eigenvalue weighted by atomic mass is 35.5. The van der Waals surface area contributed by atoms with Crippen LogP contribution in [0.1, 0.15) is 17.0 Å². The van der Waals surface area contributed by atoms with Crippen LogP contribution in [0.2, 0.25) is 10.0 Å². The van der Waals surface area contributed by atoms with Gasteiger partial charge in [0, 0.05) is 16.0 Å². The number of nitrogens with zero attached hydrogens (tertiary/aromatic N) is 2.